The van der Waals surface area contributed by atoms with E-state index >= 15 is 0 Å². The molecule has 1 aromatic carbocycles. The van der Waals surface area contributed by atoms with Crippen molar-refractivity contribution < 1.29 is 19.0 Å². The van der Waals surface area contributed by atoms with Crippen LogP contribution in [0.25, 0.3) is 0 Å². The maximum absolute atomic E-state index is 10.6. The second-order valence-electron chi connectivity index (χ2n) is 3.11. The Morgan fingerprint density at radius 2 is 1.75 bits per heavy atom. The average molecular weight is 242 g/mol. The van der Waals surface area contributed by atoms with Crippen molar-refractivity contribution >= 4 is 17.7 Å². The van der Waals surface area contributed by atoms with Gasteiger partial charge in [-0.15, -0.1) is 12.6 Å². The van der Waals surface area contributed by atoms with Crippen LogP contribution in [0.1, 0.15) is 5.56 Å². The van der Waals surface area contributed by atoms with Gasteiger partial charge in [0.25, 0.3) is 0 Å². The summed E-state index contributed by atoms with van der Waals surface area (Å²) in [6, 6.07) is 5.42. The molecule has 1 aromatic rings. The van der Waals surface area contributed by atoms with Crippen molar-refractivity contribution in [1.29, 1.82) is 0 Å². The van der Waals surface area contributed by atoms with Crippen molar-refractivity contribution in [2.75, 3.05) is 20.8 Å². The molecule has 0 unspecified atom stereocenters. The Morgan fingerprint density at radius 1 is 1.19 bits per heavy atom. The Bertz CT molecular complexity index is 343. The molecule has 0 bridgehead atoms. The molecule has 0 aromatic heterocycles. The zero-order valence-corrected chi connectivity index (χ0v) is 10.1. The lowest BCUT2D eigenvalue weighted by molar-refractivity contribution is -0.115. The molecule has 5 heteroatoms. The van der Waals surface area contributed by atoms with Crippen LogP contribution in [0.4, 0.5) is 0 Å². The zero-order valence-electron chi connectivity index (χ0n) is 9.23. The first kappa shape index (κ1) is 12.9. The first-order chi connectivity index (χ1) is 7.65. The van der Waals surface area contributed by atoms with Crippen molar-refractivity contribution in [2.24, 2.45) is 0 Å². The minimum atomic E-state index is -0.296. The van der Waals surface area contributed by atoms with Gasteiger partial charge in [-0.25, -0.2) is 0 Å². The van der Waals surface area contributed by atoms with Crippen LogP contribution in [-0.2, 0) is 16.1 Å². The van der Waals surface area contributed by atoms with Gasteiger partial charge in [0.05, 0.1) is 20.8 Å². The lowest BCUT2D eigenvalue weighted by atomic mass is 10.2. The van der Waals surface area contributed by atoms with Crippen molar-refractivity contribution in [1.82, 2.24) is 0 Å². The van der Waals surface area contributed by atoms with E-state index in [0.29, 0.717) is 18.1 Å². The van der Waals surface area contributed by atoms with Crippen molar-refractivity contribution in [3.8, 4) is 11.5 Å². The molecule has 0 saturated carbocycles. The highest BCUT2D eigenvalue weighted by Crippen LogP contribution is 2.22. The second-order valence-corrected chi connectivity index (χ2v) is 3.61. The maximum Gasteiger partial charge on any atom is 0.211 e. The number of hydrogen-bond donors (Lipinski definition) is 1. The number of ether oxygens (including phenoxy) is 3. The number of benzene rings is 1. The molecule has 0 heterocycles. The number of carbonyl (C=O) groups excluding carboxylic acids is 1. The summed E-state index contributed by atoms with van der Waals surface area (Å²) in [6.07, 6.45) is 0. The Kier molecular flexibility index (Phi) is 5.14. The van der Waals surface area contributed by atoms with E-state index in [1.807, 2.05) is 12.1 Å². The summed E-state index contributed by atoms with van der Waals surface area (Å²) in [4.78, 5) is 10.6. The number of thiol groups is 1. The van der Waals surface area contributed by atoms with Crippen LogP contribution in [0, 0.1) is 0 Å². The van der Waals surface area contributed by atoms with Gasteiger partial charge in [0.2, 0.25) is 5.12 Å². The van der Waals surface area contributed by atoms with Crippen LogP contribution >= 0.6 is 12.6 Å². The Balaban J connectivity index is 2.67. The predicted octanol–water partition coefficient (Wildman–Crippen LogP) is 1.68. The topological polar surface area (TPSA) is 44.8 Å². The SMILES string of the molecule is COc1cc(COCC(=O)S)cc(OC)c1. The third kappa shape index (κ3) is 4.12. The van der Waals surface area contributed by atoms with Gasteiger partial charge in [-0.2, -0.15) is 0 Å². The molecule has 0 spiro atoms. The summed E-state index contributed by atoms with van der Waals surface area (Å²) in [7, 11) is 3.16. The quantitative estimate of drug-likeness (QED) is 0.771. The van der Waals surface area contributed by atoms with Crippen LogP contribution < -0.4 is 9.47 Å². The van der Waals surface area contributed by atoms with Crippen LogP contribution in [0.3, 0.4) is 0 Å². The van der Waals surface area contributed by atoms with E-state index in [0.717, 1.165) is 5.56 Å². The van der Waals surface area contributed by atoms with Gasteiger partial charge >= 0.3 is 0 Å². The molecule has 0 fully saturated rings. The smallest absolute Gasteiger partial charge is 0.211 e. The summed E-state index contributed by atoms with van der Waals surface area (Å²) >= 11 is 3.61. The van der Waals surface area contributed by atoms with Crippen LogP contribution in [0.2, 0.25) is 0 Å². The van der Waals surface area contributed by atoms with Gasteiger partial charge in [-0.1, -0.05) is 0 Å². The molecule has 0 radical (unpaired) electrons. The van der Waals surface area contributed by atoms with E-state index in [2.05, 4.69) is 12.6 Å². The molecule has 16 heavy (non-hydrogen) atoms. The monoisotopic (exact) mass is 242 g/mol. The van der Waals surface area contributed by atoms with E-state index in [1.165, 1.54) is 0 Å². The fraction of sp³-hybridized carbons (Fsp3) is 0.364. The summed E-state index contributed by atoms with van der Waals surface area (Å²) in [5.74, 6) is 1.38. The lowest BCUT2D eigenvalue weighted by Crippen LogP contribution is -2.02. The number of rotatable bonds is 6. The van der Waals surface area contributed by atoms with E-state index in [-0.39, 0.29) is 11.7 Å². The van der Waals surface area contributed by atoms with Crippen molar-refractivity contribution in [3.63, 3.8) is 0 Å². The lowest BCUT2D eigenvalue weighted by Gasteiger charge is -2.08. The minimum Gasteiger partial charge on any atom is -0.497 e. The Hall–Kier alpha value is -1.20. The molecule has 0 amide bonds. The fourth-order valence-electron chi connectivity index (χ4n) is 1.21. The highest BCUT2D eigenvalue weighted by Gasteiger charge is 2.02. The van der Waals surface area contributed by atoms with Gasteiger partial charge in [0.1, 0.15) is 18.1 Å². The number of carbonyl (C=O) groups is 1. The standard InChI is InChI=1S/C11H14O4S/c1-13-9-3-8(4-10(5-9)14-2)6-15-7-11(12)16/h3-5H,6-7H2,1-2H3,(H,12,16). The molecule has 4 nitrogen and oxygen atoms in total. The Morgan fingerprint density at radius 3 is 2.19 bits per heavy atom. The van der Waals surface area contributed by atoms with E-state index in [4.69, 9.17) is 14.2 Å². The molecule has 0 aliphatic heterocycles. The summed E-state index contributed by atoms with van der Waals surface area (Å²) in [5, 5.41) is -0.296. The molecule has 0 aliphatic rings. The van der Waals surface area contributed by atoms with E-state index in [1.54, 1.807) is 20.3 Å². The molecule has 0 N–H and O–H groups in total. The van der Waals surface area contributed by atoms with Crippen molar-refractivity contribution in [2.45, 2.75) is 6.61 Å². The molecular weight excluding hydrogens is 228 g/mol. The number of methoxy groups -OCH3 is 2. The largest absolute Gasteiger partial charge is 0.497 e. The van der Waals surface area contributed by atoms with Crippen LogP contribution in [-0.4, -0.2) is 25.9 Å². The van der Waals surface area contributed by atoms with Gasteiger partial charge in [0.15, 0.2) is 0 Å². The van der Waals surface area contributed by atoms with Crippen LogP contribution in [0.5, 0.6) is 11.5 Å². The second kappa shape index (κ2) is 6.40. The fourth-order valence-corrected chi connectivity index (χ4v) is 1.30. The molecule has 1 rings (SSSR count). The minimum absolute atomic E-state index is 0.0113. The van der Waals surface area contributed by atoms with Crippen LogP contribution in [0.15, 0.2) is 18.2 Å². The van der Waals surface area contributed by atoms with Crippen molar-refractivity contribution in [3.05, 3.63) is 23.8 Å². The third-order valence-electron chi connectivity index (χ3n) is 1.91. The number of hydrogen-bond acceptors (Lipinski definition) is 4. The first-order valence-electron chi connectivity index (χ1n) is 4.67. The summed E-state index contributed by atoms with van der Waals surface area (Å²) in [5.41, 5.74) is 0.880. The molecule has 0 atom stereocenters. The van der Waals surface area contributed by atoms with Gasteiger partial charge in [-0.05, 0) is 17.7 Å². The predicted molar refractivity (Wildman–Crippen MR) is 63.2 cm³/mol. The third-order valence-corrected chi connectivity index (χ3v) is 2.03. The average Bonchev–Trinajstić information content (AvgIpc) is 2.28. The first-order valence-corrected chi connectivity index (χ1v) is 5.12. The molecule has 0 saturated heterocycles. The normalized spacial score (nSPS) is 9.94. The molecular formula is C11H14O4S. The summed E-state index contributed by atoms with van der Waals surface area (Å²) in [6.45, 7) is 0.308. The highest BCUT2D eigenvalue weighted by atomic mass is 32.1. The zero-order chi connectivity index (χ0) is 12.0. The highest BCUT2D eigenvalue weighted by molar-refractivity contribution is 7.96. The molecule has 88 valence electrons. The summed E-state index contributed by atoms with van der Waals surface area (Å²) < 4.78 is 15.4. The Labute approximate surface area is 99.9 Å². The van der Waals surface area contributed by atoms with E-state index < -0.39 is 0 Å². The van der Waals surface area contributed by atoms with E-state index in [9.17, 15) is 4.79 Å². The van der Waals surface area contributed by atoms with Gasteiger partial charge < -0.3 is 14.2 Å². The van der Waals surface area contributed by atoms with Gasteiger partial charge in [-0.3, -0.25) is 4.79 Å². The van der Waals surface area contributed by atoms with Gasteiger partial charge in [0, 0.05) is 6.07 Å². The maximum atomic E-state index is 10.6. The molecule has 0 aliphatic carbocycles.